The molecule has 0 aliphatic rings. The number of hydrogen-bond donors (Lipinski definition) is 8. The van der Waals surface area contributed by atoms with E-state index in [0.717, 1.165) is 0 Å². The summed E-state index contributed by atoms with van der Waals surface area (Å²) >= 11 is 0. The Balaban J connectivity index is 2.91. The molecule has 0 saturated heterocycles. The highest BCUT2D eigenvalue weighted by Crippen LogP contribution is 2.07. The molecule has 190 valence electrons. The maximum atomic E-state index is 12.8. The van der Waals surface area contributed by atoms with E-state index >= 15 is 0 Å². The van der Waals surface area contributed by atoms with Crippen molar-refractivity contribution in [1.29, 1.82) is 0 Å². The number of nitrogens with one attached hydrogen (secondary N) is 4. The molecule has 1 aromatic rings. The Hall–Kier alpha value is -3.52. The van der Waals surface area contributed by atoms with E-state index in [4.69, 9.17) is 11.5 Å². The molecule has 0 aliphatic heterocycles. The molecule has 0 aliphatic carbocycles. The number of aromatic amines is 1. The van der Waals surface area contributed by atoms with Crippen LogP contribution in [0.4, 0.5) is 0 Å². The van der Waals surface area contributed by atoms with E-state index in [9.17, 15) is 34.2 Å². The van der Waals surface area contributed by atoms with Crippen molar-refractivity contribution < 1.29 is 34.2 Å². The largest absolute Gasteiger partial charge is 0.480 e. The van der Waals surface area contributed by atoms with Crippen molar-refractivity contribution in [3.05, 3.63) is 18.2 Å². The van der Waals surface area contributed by atoms with Crippen LogP contribution in [-0.2, 0) is 30.4 Å². The minimum absolute atomic E-state index is 0.0635. The summed E-state index contributed by atoms with van der Waals surface area (Å²) in [6.45, 7) is 4.76. The van der Waals surface area contributed by atoms with Crippen molar-refractivity contribution in [1.82, 2.24) is 25.9 Å². The lowest BCUT2D eigenvalue weighted by molar-refractivity contribution is -0.143. The number of rotatable bonds is 14. The van der Waals surface area contributed by atoms with Crippen LogP contribution in [0.3, 0.4) is 0 Å². The van der Waals surface area contributed by atoms with Crippen molar-refractivity contribution in [2.75, 3.05) is 0 Å². The van der Waals surface area contributed by atoms with Crippen molar-refractivity contribution in [2.24, 2.45) is 17.4 Å². The van der Waals surface area contributed by atoms with Gasteiger partial charge in [-0.05, 0) is 19.3 Å². The van der Waals surface area contributed by atoms with Gasteiger partial charge in [-0.25, -0.2) is 9.78 Å². The highest BCUT2D eigenvalue weighted by atomic mass is 16.4. The molecule has 5 unspecified atom stereocenters. The molecule has 0 radical (unpaired) electrons. The summed E-state index contributed by atoms with van der Waals surface area (Å²) in [4.78, 5) is 67.3. The molecular weight excluding hydrogens is 450 g/mol. The predicted molar refractivity (Wildman–Crippen MR) is 119 cm³/mol. The van der Waals surface area contributed by atoms with Crippen LogP contribution in [-0.4, -0.2) is 80.1 Å². The third-order valence-corrected chi connectivity index (χ3v) is 4.75. The quantitative estimate of drug-likeness (QED) is 0.135. The Morgan fingerprint density at radius 3 is 2.12 bits per heavy atom. The second-order valence-electron chi connectivity index (χ2n) is 8.37. The van der Waals surface area contributed by atoms with Gasteiger partial charge in [0, 0.05) is 18.3 Å². The van der Waals surface area contributed by atoms with Crippen molar-refractivity contribution >= 4 is 29.6 Å². The second kappa shape index (κ2) is 13.3. The Morgan fingerprint density at radius 1 is 1.03 bits per heavy atom. The number of hydrogen-bond acceptors (Lipinski definition) is 8. The lowest BCUT2D eigenvalue weighted by atomic mass is 10.0. The topological polar surface area (TPSA) is 243 Å². The number of carbonyl (C=O) groups is 5. The zero-order valence-electron chi connectivity index (χ0n) is 19.3. The third-order valence-electron chi connectivity index (χ3n) is 4.75. The van der Waals surface area contributed by atoms with Gasteiger partial charge in [0.2, 0.25) is 23.6 Å². The van der Waals surface area contributed by atoms with E-state index in [1.165, 1.54) is 19.4 Å². The van der Waals surface area contributed by atoms with E-state index < -0.39 is 66.3 Å². The zero-order valence-corrected chi connectivity index (χ0v) is 19.3. The lowest BCUT2D eigenvalue weighted by Crippen LogP contribution is -2.60. The van der Waals surface area contributed by atoms with Crippen LogP contribution >= 0.6 is 0 Å². The second-order valence-corrected chi connectivity index (χ2v) is 8.37. The van der Waals surface area contributed by atoms with Crippen molar-refractivity contribution in [3.8, 4) is 0 Å². The summed E-state index contributed by atoms with van der Waals surface area (Å²) in [6, 6.07) is -5.38. The smallest absolute Gasteiger partial charge is 0.326 e. The fourth-order valence-corrected chi connectivity index (χ4v) is 3.03. The van der Waals surface area contributed by atoms with Gasteiger partial charge in [0.1, 0.15) is 18.1 Å². The lowest BCUT2D eigenvalue weighted by Gasteiger charge is -2.26. The Bertz CT molecular complexity index is 857. The molecule has 0 bridgehead atoms. The number of aromatic nitrogens is 2. The summed E-state index contributed by atoms with van der Waals surface area (Å²) in [6.07, 6.45) is 1.05. The summed E-state index contributed by atoms with van der Waals surface area (Å²) in [5.74, 6) is -4.98. The number of aliphatic hydroxyl groups excluding tert-OH is 1. The molecule has 14 heteroatoms. The number of amides is 4. The van der Waals surface area contributed by atoms with Crippen LogP contribution in [0.15, 0.2) is 12.5 Å². The Labute approximate surface area is 196 Å². The molecule has 5 atom stereocenters. The van der Waals surface area contributed by atoms with Crippen LogP contribution < -0.4 is 27.4 Å². The van der Waals surface area contributed by atoms with Gasteiger partial charge in [0.05, 0.1) is 24.9 Å². The number of nitrogens with zero attached hydrogens (tertiary/aromatic N) is 1. The molecule has 4 amide bonds. The number of primary amides is 1. The van der Waals surface area contributed by atoms with Crippen molar-refractivity contribution in [3.63, 3.8) is 0 Å². The number of carboxylic acids is 1. The molecule has 0 spiro atoms. The van der Waals surface area contributed by atoms with Crippen LogP contribution in [0.25, 0.3) is 0 Å². The summed E-state index contributed by atoms with van der Waals surface area (Å²) in [5, 5.41) is 26.2. The van der Waals surface area contributed by atoms with Gasteiger partial charge in [-0.2, -0.15) is 0 Å². The fraction of sp³-hybridized carbons (Fsp3) is 0.600. The number of imidazole rings is 1. The van der Waals surface area contributed by atoms with E-state index in [1.54, 1.807) is 13.8 Å². The van der Waals surface area contributed by atoms with Crippen LogP contribution in [0.1, 0.15) is 39.3 Å². The highest BCUT2D eigenvalue weighted by molar-refractivity contribution is 5.96. The first-order chi connectivity index (χ1) is 15.8. The minimum Gasteiger partial charge on any atom is -0.480 e. The van der Waals surface area contributed by atoms with E-state index in [2.05, 4.69) is 25.9 Å². The molecule has 0 aromatic carbocycles. The minimum atomic E-state index is -1.53. The molecule has 0 saturated carbocycles. The van der Waals surface area contributed by atoms with Gasteiger partial charge < -0.3 is 42.6 Å². The number of aliphatic hydroxyl groups is 1. The normalized spacial score (nSPS) is 15.5. The predicted octanol–water partition coefficient (Wildman–Crippen LogP) is -2.88. The molecule has 34 heavy (non-hydrogen) atoms. The number of carbonyl (C=O) groups excluding carboxylic acids is 4. The van der Waals surface area contributed by atoms with Gasteiger partial charge in [0.15, 0.2) is 0 Å². The van der Waals surface area contributed by atoms with Crippen LogP contribution in [0.5, 0.6) is 0 Å². The van der Waals surface area contributed by atoms with E-state index in [0.29, 0.717) is 5.69 Å². The highest BCUT2D eigenvalue weighted by Gasteiger charge is 2.33. The maximum absolute atomic E-state index is 12.8. The number of H-pyrrole nitrogens is 1. The fourth-order valence-electron chi connectivity index (χ4n) is 3.03. The van der Waals surface area contributed by atoms with Crippen LogP contribution in [0.2, 0.25) is 0 Å². The molecule has 14 nitrogen and oxygen atoms in total. The van der Waals surface area contributed by atoms with Crippen LogP contribution in [0, 0.1) is 5.92 Å². The number of carboxylic acid groups (broad SMARTS) is 1. The SMILES string of the molecule is CC(C)CC(NC(=O)C(CC(N)=O)NC(=O)C(NC(=O)C(N)Cc1cnc[nH]1)C(C)O)C(=O)O. The first kappa shape index (κ1) is 28.5. The molecule has 1 aromatic heterocycles. The Morgan fingerprint density at radius 2 is 1.65 bits per heavy atom. The monoisotopic (exact) mass is 483 g/mol. The summed E-state index contributed by atoms with van der Waals surface area (Å²) < 4.78 is 0. The molecule has 0 fully saturated rings. The van der Waals surface area contributed by atoms with Crippen molar-refractivity contribution in [2.45, 2.75) is 70.3 Å². The van der Waals surface area contributed by atoms with E-state index in [-0.39, 0.29) is 18.8 Å². The summed E-state index contributed by atoms with van der Waals surface area (Å²) in [7, 11) is 0. The molecule has 10 N–H and O–H groups in total. The van der Waals surface area contributed by atoms with Gasteiger partial charge in [-0.1, -0.05) is 13.8 Å². The molecule has 1 rings (SSSR count). The number of nitrogens with two attached hydrogens (primary N) is 2. The van der Waals surface area contributed by atoms with Gasteiger partial charge >= 0.3 is 5.97 Å². The van der Waals surface area contributed by atoms with Gasteiger partial charge in [-0.3, -0.25) is 19.2 Å². The molecular formula is C20H33N7O7. The van der Waals surface area contributed by atoms with Gasteiger partial charge in [-0.15, -0.1) is 0 Å². The average Bonchev–Trinajstić information content (AvgIpc) is 3.22. The number of aliphatic carboxylic acids is 1. The summed E-state index contributed by atoms with van der Waals surface area (Å²) in [5.41, 5.74) is 11.6. The maximum Gasteiger partial charge on any atom is 0.326 e. The third kappa shape index (κ3) is 9.54. The first-order valence-electron chi connectivity index (χ1n) is 10.6. The first-order valence-corrected chi connectivity index (χ1v) is 10.6. The van der Waals surface area contributed by atoms with Gasteiger partial charge in [0.25, 0.3) is 0 Å². The average molecular weight is 484 g/mol. The Kier molecular flexibility index (Phi) is 11.1. The molecule has 1 heterocycles. The van der Waals surface area contributed by atoms with E-state index in [1.807, 2.05) is 0 Å². The zero-order chi connectivity index (χ0) is 26.0. The standard InChI is InChI=1S/C20H33N7O7/c1-9(2)4-14(20(33)34)26-18(31)13(6-15(22)29)25-19(32)16(10(3)28)27-17(30)12(21)5-11-7-23-8-24-11/h7-10,12-14,16,28H,4-6,21H2,1-3H3,(H2,22,29)(H,23,24)(H,25,32)(H,26,31)(H,27,30)(H,33,34).